The Morgan fingerprint density at radius 2 is 2.20 bits per heavy atom. The van der Waals surface area contributed by atoms with Crippen molar-refractivity contribution in [1.29, 1.82) is 5.26 Å². The predicted molar refractivity (Wildman–Crippen MR) is 75.3 cm³/mol. The summed E-state index contributed by atoms with van der Waals surface area (Å²) in [7, 11) is 0. The zero-order valence-electron chi connectivity index (χ0n) is 10.9. The molecule has 6 heteroatoms. The van der Waals surface area contributed by atoms with Gasteiger partial charge < -0.3 is 10.1 Å². The molecule has 2 rings (SSSR count). The highest BCUT2D eigenvalue weighted by Gasteiger charge is 2.04. The van der Waals surface area contributed by atoms with E-state index >= 15 is 0 Å². The minimum Gasteiger partial charge on any atom is -0.484 e. The molecular formula is C14H13N3O2S. The van der Waals surface area contributed by atoms with Crippen LogP contribution in [0, 0.1) is 18.3 Å². The summed E-state index contributed by atoms with van der Waals surface area (Å²) in [6.07, 6.45) is 0. The van der Waals surface area contributed by atoms with Crippen molar-refractivity contribution < 1.29 is 9.53 Å². The Kier molecular flexibility index (Phi) is 4.69. The quantitative estimate of drug-likeness (QED) is 0.913. The van der Waals surface area contributed by atoms with Gasteiger partial charge in [-0.05, 0) is 31.2 Å². The number of hydrogen-bond donors (Lipinski definition) is 1. The zero-order valence-corrected chi connectivity index (χ0v) is 11.7. The second-order valence-corrected chi connectivity index (χ2v) is 5.12. The van der Waals surface area contributed by atoms with Crippen LogP contribution in [0.4, 0.5) is 0 Å². The number of aromatic nitrogens is 1. The average molecular weight is 287 g/mol. The predicted octanol–water partition coefficient (Wildman–Crippen LogP) is 2.02. The zero-order chi connectivity index (χ0) is 14.4. The molecule has 0 aliphatic carbocycles. The van der Waals surface area contributed by atoms with E-state index in [-0.39, 0.29) is 12.5 Å². The maximum absolute atomic E-state index is 11.6. The molecule has 1 aromatic carbocycles. The number of benzene rings is 1. The van der Waals surface area contributed by atoms with Crippen LogP contribution in [-0.4, -0.2) is 17.5 Å². The van der Waals surface area contributed by atoms with Crippen molar-refractivity contribution in [2.75, 3.05) is 6.61 Å². The standard InChI is InChI=1S/C14H13N3O2S/c1-10-17-12(9-20-10)7-16-14(18)8-19-13-4-2-11(6-15)3-5-13/h2-5,9H,7-8H2,1H3,(H,16,18). The fourth-order valence-electron chi connectivity index (χ4n) is 1.50. The minimum atomic E-state index is -0.208. The number of ether oxygens (including phenoxy) is 1. The van der Waals surface area contributed by atoms with Crippen LogP contribution in [0.1, 0.15) is 16.3 Å². The highest BCUT2D eigenvalue weighted by atomic mass is 32.1. The van der Waals surface area contributed by atoms with Gasteiger partial charge in [0.25, 0.3) is 5.91 Å². The summed E-state index contributed by atoms with van der Waals surface area (Å²) in [6.45, 7) is 2.26. The van der Waals surface area contributed by atoms with Gasteiger partial charge in [0.1, 0.15) is 5.75 Å². The highest BCUT2D eigenvalue weighted by Crippen LogP contribution is 2.11. The lowest BCUT2D eigenvalue weighted by Gasteiger charge is -2.06. The summed E-state index contributed by atoms with van der Waals surface area (Å²) in [5.41, 5.74) is 1.40. The van der Waals surface area contributed by atoms with E-state index in [0.29, 0.717) is 17.9 Å². The Labute approximate surface area is 120 Å². The number of amides is 1. The molecule has 0 saturated carbocycles. The molecule has 0 aliphatic heterocycles. The van der Waals surface area contributed by atoms with E-state index in [9.17, 15) is 4.79 Å². The molecule has 0 radical (unpaired) electrons. The third kappa shape index (κ3) is 4.07. The molecule has 0 spiro atoms. The first-order valence-corrected chi connectivity index (χ1v) is 6.86. The van der Waals surface area contributed by atoms with Gasteiger partial charge in [-0.2, -0.15) is 5.26 Å². The summed E-state index contributed by atoms with van der Waals surface area (Å²) >= 11 is 1.55. The Morgan fingerprint density at radius 1 is 1.45 bits per heavy atom. The molecule has 0 aliphatic rings. The topological polar surface area (TPSA) is 75.0 Å². The van der Waals surface area contributed by atoms with Gasteiger partial charge in [0, 0.05) is 5.38 Å². The third-order valence-electron chi connectivity index (χ3n) is 2.49. The number of nitrogens with one attached hydrogen (secondary N) is 1. The minimum absolute atomic E-state index is 0.0605. The number of nitriles is 1. The van der Waals surface area contributed by atoms with Crippen LogP contribution < -0.4 is 10.1 Å². The molecular weight excluding hydrogens is 274 g/mol. The van der Waals surface area contributed by atoms with Crippen molar-refractivity contribution in [3.05, 3.63) is 45.9 Å². The molecule has 5 nitrogen and oxygen atoms in total. The number of carbonyl (C=O) groups is 1. The van der Waals surface area contributed by atoms with Gasteiger partial charge >= 0.3 is 0 Å². The Balaban J connectivity index is 1.75. The molecule has 2 aromatic rings. The van der Waals surface area contributed by atoms with E-state index in [1.54, 1.807) is 35.6 Å². The Bertz CT molecular complexity index is 629. The molecule has 1 aromatic heterocycles. The lowest BCUT2D eigenvalue weighted by molar-refractivity contribution is -0.123. The van der Waals surface area contributed by atoms with Crippen LogP contribution >= 0.6 is 11.3 Å². The Morgan fingerprint density at radius 3 is 2.80 bits per heavy atom. The van der Waals surface area contributed by atoms with Gasteiger partial charge in [0.15, 0.2) is 6.61 Å². The van der Waals surface area contributed by atoms with Crippen LogP contribution in [0.2, 0.25) is 0 Å². The lowest BCUT2D eigenvalue weighted by Crippen LogP contribution is -2.28. The summed E-state index contributed by atoms with van der Waals surface area (Å²) in [4.78, 5) is 15.9. The molecule has 0 atom stereocenters. The van der Waals surface area contributed by atoms with E-state index in [0.717, 1.165) is 10.7 Å². The summed E-state index contributed by atoms with van der Waals surface area (Å²) < 4.78 is 5.32. The molecule has 102 valence electrons. The molecule has 0 unspecified atom stereocenters. The number of hydrogen-bond acceptors (Lipinski definition) is 5. The largest absolute Gasteiger partial charge is 0.484 e. The van der Waals surface area contributed by atoms with E-state index in [2.05, 4.69) is 10.3 Å². The third-order valence-corrected chi connectivity index (χ3v) is 3.31. The first kappa shape index (κ1) is 14.0. The first-order chi connectivity index (χ1) is 9.67. The summed E-state index contributed by atoms with van der Waals surface area (Å²) in [5.74, 6) is 0.351. The number of rotatable bonds is 5. The van der Waals surface area contributed by atoms with Gasteiger partial charge in [-0.1, -0.05) is 0 Å². The van der Waals surface area contributed by atoms with Crippen LogP contribution in [0.25, 0.3) is 0 Å². The van der Waals surface area contributed by atoms with E-state index in [1.165, 1.54) is 0 Å². The van der Waals surface area contributed by atoms with Crippen LogP contribution in [0.3, 0.4) is 0 Å². The first-order valence-electron chi connectivity index (χ1n) is 5.98. The van der Waals surface area contributed by atoms with Crippen molar-refractivity contribution in [1.82, 2.24) is 10.3 Å². The number of aryl methyl sites for hydroxylation is 1. The molecule has 1 amide bonds. The summed E-state index contributed by atoms with van der Waals surface area (Å²) in [5, 5.41) is 14.3. The molecule has 20 heavy (non-hydrogen) atoms. The molecule has 0 saturated heterocycles. The monoisotopic (exact) mass is 287 g/mol. The van der Waals surface area contributed by atoms with Gasteiger partial charge in [-0.3, -0.25) is 4.79 Å². The van der Waals surface area contributed by atoms with Gasteiger partial charge in [-0.15, -0.1) is 11.3 Å². The molecule has 0 fully saturated rings. The van der Waals surface area contributed by atoms with E-state index < -0.39 is 0 Å². The normalized spacial score (nSPS) is 9.80. The van der Waals surface area contributed by atoms with Crippen LogP contribution in [0.15, 0.2) is 29.6 Å². The maximum Gasteiger partial charge on any atom is 0.258 e. The van der Waals surface area contributed by atoms with Crippen LogP contribution in [0.5, 0.6) is 5.75 Å². The number of carbonyl (C=O) groups excluding carboxylic acids is 1. The van der Waals surface area contributed by atoms with E-state index in [1.807, 2.05) is 18.4 Å². The fraction of sp³-hybridized carbons (Fsp3) is 0.214. The van der Waals surface area contributed by atoms with Crippen molar-refractivity contribution in [2.45, 2.75) is 13.5 Å². The number of thiazole rings is 1. The smallest absolute Gasteiger partial charge is 0.258 e. The molecule has 0 bridgehead atoms. The van der Waals surface area contributed by atoms with Crippen molar-refractivity contribution in [3.8, 4) is 11.8 Å². The highest BCUT2D eigenvalue weighted by molar-refractivity contribution is 7.09. The van der Waals surface area contributed by atoms with Crippen molar-refractivity contribution >= 4 is 17.2 Å². The summed E-state index contributed by atoms with van der Waals surface area (Å²) in [6, 6.07) is 8.63. The van der Waals surface area contributed by atoms with Gasteiger partial charge in [0.2, 0.25) is 0 Å². The van der Waals surface area contributed by atoms with Gasteiger partial charge in [0.05, 0.1) is 28.9 Å². The van der Waals surface area contributed by atoms with Crippen LogP contribution in [-0.2, 0) is 11.3 Å². The van der Waals surface area contributed by atoms with E-state index in [4.69, 9.17) is 10.00 Å². The second-order valence-electron chi connectivity index (χ2n) is 4.06. The average Bonchev–Trinajstić information content (AvgIpc) is 2.89. The second kappa shape index (κ2) is 6.68. The maximum atomic E-state index is 11.6. The lowest BCUT2D eigenvalue weighted by atomic mass is 10.2. The van der Waals surface area contributed by atoms with Crippen molar-refractivity contribution in [3.63, 3.8) is 0 Å². The van der Waals surface area contributed by atoms with Crippen molar-refractivity contribution in [2.24, 2.45) is 0 Å². The van der Waals surface area contributed by atoms with Gasteiger partial charge in [-0.25, -0.2) is 4.98 Å². The SMILES string of the molecule is Cc1nc(CNC(=O)COc2ccc(C#N)cc2)cs1. The Hall–Kier alpha value is -2.39. The molecule has 1 heterocycles. The molecule has 1 N–H and O–H groups in total. The fourth-order valence-corrected chi connectivity index (χ4v) is 2.12. The number of nitrogens with zero attached hydrogens (tertiary/aromatic N) is 2.